The van der Waals surface area contributed by atoms with E-state index in [1.807, 2.05) is 0 Å². The highest BCUT2D eigenvalue weighted by atomic mass is 16.5. The van der Waals surface area contributed by atoms with Gasteiger partial charge in [-0.25, -0.2) is 0 Å². The van der Waals surface area contributed by atoms with E-state index in [0.29, 0.717) is 0 Å². The third-order valence-electron chi connectivity index (χ3n) is 5.24. The van der Waals surface area contributed by atoms with E-state index in [4.69, 9.17) is 9.47 Å². The maximum Gasteiger partial charge on any atom is 0.119 e. The van der Waals surface area contributed by atoms with Crippen molar-refractivity contribution in [2.45, 2.75) is 12.8 Å². The van der Waals surface area contributed by atoms with Crippen molar-refractivity contribution in [1.82, 2.24) is 14.7 Å². The lowest BCUT2D eigenvalue weighted by atomic mass is 10.1. The molecule has 0 spiro atoms. The summed E-state index contributed by atoms with van der Waals surface area (Å²) in [4.78, 5) is 7.37. The van der Waals surface area contributed by atoms with Crippen LogP contribution in [0.4, 0.5) is 0 Å². The standard InChI is InChI=1S/C20H33N3O2/c1-21-9-11-23(12-10-21)15-18-25-20-6-4-19(5-7-20)3-2-8-22-13-16-24-17-14-22/h4-7H,2-3,8-18H2,1H3. The molecule has 0 aliphatic carbocycles. The molecule has 2 aliphatic heterocycles. The summed E-state index contributed by atoms with van der Waals surface area (Å²) >= 11 is 0. The molecule has 0 unspecified atom stereocenters. The van der Waals surface area contributed by atoms with Crippen molar-refractivity contribution in [1.29, 1.82) is 0 Å². The predicted molar refractivity (Wildman–Crippen MR) is 101 cm³/mol. The lowest BCUT2D eigenvalue weighted by Crippen LogP contribution is -2.45. The molecular formula is C20H33N3O2. The quantitative estimate of drug-likeness (QED) is 0.712. The van der Waals surface area contributed by atoms with Gasteiger partial charge in [-0.15, -0.1) is 0 Å². The van der Waals surface area contributed by atoms with Crippen LogP contribution in [0.5, 0.6) is 5.75 Å². The summed E-state index contributed by atoms with van der Waals surface area (Å²) in [5, 5.41) is 0. The Morgan fingerprint density at radius 2 is 1.56 bits per heavy atom. The normalized spacial score (nSPS) is 20.7. The molecule has 2 saturated heterocycles. The zero-order valence-corrected chi connectivity index (χ0v) is 15.7. The Bertz CT molecular complexity index is 480. The first kappa shape index (κ1) is 18.6. The van der Waals surface area contributed by atoms with Crippen LogP contribution in [0.15, 0.2) is 24.3 Å². The van der Waals surface area contributed by atoms with Gasteiger partial charge in [0.1, 0.15) is 12.4 Å². The number of morpholine rings is 1. The first-order chi connectivity index (χ1) is 12.3. The molecule has 140 valence electrons. The number of benzene rings is 1. The fraction of sp³-hybridized carbons (Fsp3) is 0.700. The average Bonchev–Trinajstić information content (AvgIpc) is 2.66. The van der Waals surface area contributed by atoms with Crippen molar-refractivity contribution in [2.75, 3.05) is 79.2 Å². The molecule has 0 bridgehead atoms. The van der Waals surface area contributed by atoms with Crippen LogP contribution in [0.25, 0.3) is 0 Å². The Morgan fingerprint density at radius 1 is 0.880 bits per heavy atom. The molecule has 1 aromatic rings. The summed E-state index contributed by atoms with van der Waals surface area (Å²) in [7, 11) is 2.19. The number of piperazine rings is 1. The van der Waals surface area contributed by atoms with E-state index in [-0.39, 0.29) is 0 Å². The molecule has 5 nitrogen and oxygen atoms in total. The molecule has 0 atom stereocenters. The molecule has 0 N–H and O–H groups in total. The lowest BCUT2D eigenvalue weighted by Gasteiger charge is -2.32. The molecule has 0 radical (unpaired) electrons. The van der Waals surface area contributed by atoms with Gasteiger partial charge < -0.3 is 14.4 Å². The van der Waals surface area contributed by atoms with E-state index in [2.05, 4.69) is 46.0 Å². The Morgan fingerprint density at radius 3 is 2.28 bits per heavy atom. The van der Waals surface area contributed by atoms with Gasteiger partial charge in [-0.3, -0.25) is 9.80 Å². The largest absolute Gasteiger partial charge is 0.492 e. The number of ether oxygens (including phenoxy) is 2. The van der Waals surface area contributed by atoms with Crippen LogP contribution in [0.1, 0.15) is 12.0 Å². The number of rotatable bonds is 8. The molecule has 1 aromatic carbocycles. The molecule has 0 saturated carbocycles. The number of nitrogens with zero attached hydrogens (tertiary/aromatic N) is 3. The smallest absolute Gasteiger partial charge is 0.119 e. The zero-order chi connectivity index (χ0) is 17.3. The van der Waals surface area contributed by atoms with Crippen LogP contribution in [0.2, 0.25) is 0 Å². The van der Waals surface area contributed by atoms with Crippen LogP contribution < -0.4 is 4.74 Å². The minimum atomic E-state index is 0.778. The molecule has 5 heteroatoms. The van der Waals surface area contributed by atoms with Crippen molar-refractivity contribution in [2.24, 2.45) is 0 Å². The lowest BCUT2D eigenvalue weighted by molar-refractivity contribution is 0.0374. The molecule has 2 heterocycles. The van der Waals surface area contributed by atoms with Crippen molar-refractivity contribution in [3.05, 3.63) is 29.8 Å². The number of aryl methyl sites for hydroxylation is 1. The second-order valence-corrected chi connectivity index (χ2v) is 7.19. The van der Waals surface area contributed by atoms with E-state index < -0.39 is 0 Å². The second-order valence-electron chi connectivity index (χ2n) is 7.19. The third kappa shape index (κ3) is 6.59. The maximum atomic E-state index is 5.91. The van der Waals surface area contributed by atoms with Crippen molar-refractivity contribution in [3.63, 3.8) is 0 Å². The van der Waals surface area contributed by atoms with Crippen LogP contribution in [-0.4, -0.2) is 93.9 Å². The second kappa shape index (κ2) is 10.1. The summed E-state index contributed by atoms with van der Waals surface area (Å²) < 4.78 is 11.3. The molecule has 25 heavy (non-hydrogen) atoms. The SMILES string of the molecule is CN1CCN(CCOc2ccc(CCCN3CCOCC3)cc2)CC1. The van der Waals surface area contributed by atoms with Crippen molar-refractivity contribution < 1.29 is 9.47 Å². The Hall–Kier alpha value is -1.14. The average molecular weight is 348 g/mol. The summed E-state index contributed by atoms with van der Waals surface area (Å²) in [6.45, 7) is 11.6. The monoisotopic (exact) mass is 347 g/mol. The van der Waals surface area contributed by atoms with Gasteiger partial charge in [-0.05, 0) is 44.1 Å². The number of likely N-dealkylation sites (N-methyl/N-ethyl adjacent to an activating group) is 1. The van der Waals surface area contributed by atoms with Gasteiger partial charge in [0, 0.05) is 45.8 Å². The van der Waals surface area contributed by atoms with Crippen molar-refractivity contribution >= 4 is 0 Å². The van der Waals surface area contributed by atoms with Gasteiger partial charge in [0.05, 0.1) is 13.2 Å². The van der Waals surface area contributed by atoms with Crippen LogP contribution in [0, 0.1) is 0 Å². The summed E-state index contributed by atoms with van der Waals surface area (Å²) in [5.41, 5.74) is 1.40. The van der Waals surface area contributed by atoms with Crippen LogP contribution in [-0.2, 0) is 11.2 Å². The molecule has 0 aromatic heterocycles. The molecule has 0 amide bonds. The first-order valence-electron chi connectivity index (χ1n) is 9.72. The Balaban J connectivity index is 1.30. The molecule has 2 fully saturated rings. The van der Waals surface area contributed by atoms with Crippen LogP contribution >= 0.6 is 0 Å². The van der Waals surface area contributed by atoms with Crippen LogP contribution in [0.3, 0.4) is 0 Å². The predicted octanol–water partition coefficient (Wildman–Crippen LogP) is 1.58. The third-order valence-corrected chi connectivity index (χ3v) is 5.24. The number of hydrogen-bond donors (Lipinski definition) is 0. The Labute approximate surface area is 152 Å². The summed E-state index contributed by atoms with van der Waals surface area (Å²) in [6, 6.07) is 8.66. The van der Waals surface area contributed by atoms with Gasteiger partial charge in [-0.2, -0.15) is 0 Å². The number of hydrogen-bond acceptors (Lipinski definition) is 5. The van der Waals surface area contributed by atoms with Gasteiger partial charge in [0.15, 0.2) is 0 Å². The maximum absolute atomic E-state index is 5.91. The molecule has 3 rings (SSSR count). The fourth-order valence-corrected chi connectivity index (χ4v) is 3.45. The van der Waals surface area contributed by atoms with E-state index in [1.165, 1.54) is 31.6 Å². The summed E-state index contributed by atoms with van der Waals surface area (Å²) in [5.74, 6) is 0.992. The van der Waals surface area contributed by atoms with E-state index >= 15 is 0 Å². The van der Waals surface area contributed by atoms with Crippen molar-refractivity contribution in [3.8, 4) is 5.75 Å². The van der Waals surface area contributed by atoms with Gasteiger partial charge in [-0.1, -0.05) is 12.1 Å². The highest BCUT2D eigenvalue weighted by Gasteiger charge is 2.13. The topological polar surface area (TPSA) is 28.2 Å². The van der Waals surface area contributed by atoms with E-state index in [0.717, 1.165) is 64.7 Å². The molecule has 2 aliphatic rings. The highest BCUT2D eigenvalue weighted by Crippen LogP contribution is 2.14. The minimum absolute atomic E-state index is 0.778. The van der Waals surface area contributed by atoms with E-state index in [9.17, 15) is 0 Å². The highest BCUT2D eigenvalue weighted by molar-refractivity contribution is 5.27. The zero-order valence-electron chi connectivity index (χ0n) is 15.7. The fourth-order valence-electron chi connectivity index (χ4n) is 3.45. The molecular weight excluding hydrogens is 314 g/mol. The van der Waals surface area contributed by atoms with Gasteiger partial charge in [0.2, 0.25) is 0 Å². The van der Waals surface area contributed by atoms with Gasteiger partial charge in [0.25, 0.3) is 0 Å². The van der Waals surface area contributed by atoms with E-state index in [1.54, 1.807) is 0 Å². The van der Waals surface area contributed by atoms with Gasteiger partial charge >= 0.3 is 0 Å². The minimum Gasteiger partial charge on any atom is -0.492 e. The Kier molecular flexibility index (Phi) is 7.55. The first-order valence-corrected chi connectivity index (χ1v) is 9.72. The summed E-state index contributed by atoms with van der Waals surface area (Å²) in [6.07, 6.45) is 2.35.